The molecular weight excluding hydrogens is 236 g/mol. The Morgan fingerprint density at radius 1 is 1.53 bits per heavy atom. The molecular formula is C12H19ClN4. The molecule has 0 bridgehead atoms. The van der Waals surface area contributed by atoms with Crippen LogP contribution in [0, 0.1) is 5.92 Å². The van der Waals surface area contributed by atoms with Crippen LogP contribution < -0.4 is 11.3 Å². The van der Waals surface area contributed by atoms with E-state index in [9.17, 15) is 0 Å². The van der Waals surface area contributed by atoms with Gasteiger partial charge in [-0.3, -0.25) is 4.90 Å². The predicted octanol–water partition coefficient (Wildman–Crippen LogP) is 2.25. The molecule has 0 radical (unpaired) electrons. The lowest BCUT2D eigenvalue weighted by molar-refractivity contribution is 0.265. The topological polar surface area (TPSA) is 54.2 Å². The normalized spacial score (nSPS) is 15.3. The van der Waals surface area contributed by atoms with Crippen molar-refractivity contribution in [2.24, 2.45) is 11.8 Å². The number of hydrogen-bond donors (Lipinski definition) is 2. The molecule has 0 amide bonds. The second kappa shape index (κ2) is 5.67. The minimum Gasteiger partial charge on any atom is -0.308 e. The van der Waals surface area contributed by atoms with Crippen LogP contribution in [0.25, 0.3) is 0 Å². The van der Waals surface area contributed by atoms with Gasteiger partial charge in [0, 0.05) is 13.1 Å². The van der Waals surface area contributed by atoms with Crippen LogP contribution in [-0.4, -0.2) is 23.0 Å². The van der Waals surface area contributed by atoms with Gasteiger partial charge in [0.15, 0.2) is 0 Å². The summed E-state index contributed by atoms with van der Waals surface area (Å²) in [6, 6.07) is 3.62. The number of nitrogen functional groups attached to an aromatic ring is 1. The van der Waals surface area contributed by atoms with E-state index < -0.39 is 0 Å². The molecule has 0 saturated heterocycles. The fraction of sp³-hybridized carbons (Fsp3) is 0.583. The van der Waals surface area contributed by atoms with Crippen molar-refractivity contribution in [3.63, 3.8) is 0 Å². The third kappa shape index (κ3) is 3.56. The van der Waals surface area contributed by atoms with E-state index in [1.807, 2.05) is 6.07 Å². The van der Waals surface area contributed by atoms with Crippen LogP contribution >= 0.6 is 11.6 Å². The van der Waals surface area contributed by atoms with Gasteiger partial charge in [0.2, 0.25) is 0 Å². The zero-order valence-electron chi connectivity index (χ0n) is 10.1. The summed E-state index contributed by atoms with van der Waals surface area (Å²) >= 11 is 6.15. The average Bonchev–Trinajstić information content (AvgIpc) is 3.14. The van der Waals surface area contributed by atoms with Gasteiger partial charge in [-0.2, -0.15) is 0 Å². The molecule has 0 atom stereocenters. The number of rotatable bonds is 6. The van der Waals surface area contributed by atoms with Crippen LogP contribution in [0.15, 0.2) is 12.1 Å². The van der Waals surface area contributed by atoms with Gasteiger partial charge in [0.1, 0.15) is 5.82 Å². The smallest absolute Gasteiger partial charge is 0.140 e. The van der Waals surface area contributed by atoms with Crippen molar-refractivity contribution in [1.29, 1.82) is 0 Å². The van der Waals surface area contributed by atoms with E-state index in [1.54, 1.807) is 6.07 Å². The molecule has 2 rings (SSSR count). The lowest BCUT2D eigenvalue weighted by atomic mass is 10.3. The molecule has 94 valence electrons. The Balaban J connectivity index is 2.03. The molecule has 1 aliphatic carbocycles. The maximum atomic E-state index is 6.15. The molecule has 0 unspecified atom stereocenters. The van der Waals surface area contributed by atoms with E-state index >= 15 is 0 Å². The van der Waals surface area contributed by atoms with E-state index in [4.69, 9.17) is 17.4 Å². The maximum Gasteiger partial charge on any atom is 0.140 e. The minimum atomic E-state index is 0.659. The molecule has 1 aromatic rings. The molecule has 1 aromatic heterocycles. The number of nitrogens with two attached hydrogens (primary N) is 1. The number of pyridine rings is 1. The summed E-state index contributed by atoms with van der Waals surface area (Å²) in [5.41, 5.74) is 3.44. The third-order valence-corrected chi connectivity index (χ3v) is 3.44. The lowest BCUT2D eigenvalue weighted by Crippen LogP contribution is -2.26. The van der Waals surface area contributed by atoms with Crippen LogP contribution in [-0.2, 0) is 6.54 Å². The largest absolute Gasteiger partial charge is 0.308 e. The highest BCUT2D eigenvalue weighted by Crippen LogP contribution is 2.30. The molecule has 3 N–H and O–H groups in total. The summed E-state index contributed by atoms with van der Waals surface area (Å²) < 4.78 is 0. The molecule has 0 spiro atoms. The first-order valence-corrected chi connectivity index (χ1v) is 6.45. The summed E-state index contributed by atoms with van der Waals surface area (Å²) in [5.74, 6) is 6.89. The number of halogens is 1. The third-order valence-electron chi connectivity index (χ3n) is 3.10. The highest BCUT2D eigenvalue weighted by Gasteiger charge is 2.24. The van der Waals surface area contributed by atoms with E-state index in [2.05, 4.69) is 22.2 Å². The highest BCUT2D eigenvalue weighted by molar-refractivity contribution is 6.31. The molecule has 1 heterocycles. The SMILES string of the molecule is CCN(Cc1nc(NN)ccc1Cl)CC1CC1. The summed E-state index contributed by atoms with van der Waals surface area (Å²) in [5, 5.41) is 0.707. The molecule has 5 heteroatoms. The van der Waals surface area contributed by atoms with Crippen molar-refractivity contribution in [2.75, 3.05) is 18.5 Å². The second-order valence-corrected chi connectivity index (χ2v) is 4.95. The number of anilines is 1. The zero-order valence-corrected chi connectivity index (χ0v) is 10.9. The van der Waals surface area contributed by atoms with Crippen LogP contribution in [0.3, 0.4) is 0 Å². The standard InChI is InChI=1S/C12H19ClN4/c1-2-17(7-9-3-4-9)8-11-10(13)5-6-12(15-11)16-14/h5-6,9H,2-4,7-8,14H2,1H3,(H,15,16). The number of hydrazine groups is 1. The molecule has 1 saturated carbocycles. The van der Waals surface area contributed by atoms with Crippen LogP contribution in [0.1, 0.15) is 25.5 Å². The van der Waals surface area contributed by atoms with Crippen LogP contribution in [0.4, 0.5) is 5.82 Å². The number of hydrogen-bond acceptors (Lipinski definition) is 4. The number of nitrogens with one attached hydrogen (secondary N) is 1. The predicted molar refractivity (Wildman–Crippen MR) is 70.7 cm³/mol. The van der Waals surface area contributed by atoms with Gasteiger partial charge in [-0.1, -0.05) is 18.5 Å². The van der Waals surface area contributed by atoms with Gasteiger partial charge < -0.3 is 5.43 Å². The zero-order chi connectivity index (χ0) is 12.3. The molecule has 17 heavy (non-hydrogen) atoms. The van der Waals surface area contributed by atoms with Gasteiger partial charge in [-0.15, -0.1) is 0 Å². The van der Waals surface area contributed by atoms with Gasteiger partial charge in [-0.05, 0) is 37.4 Å². The van der Waals surface area contributed by atoms with E-state index in [1.165, 1.54) is 12.8 Å². The van der Waals surface area contributed by atoms with Crippen molar-refractivity contribution in [3.8, 4) is 0 Å². The Bertz CT molecular complexity index is 379. The number of nitrogens with zero attached hydrogens (tertiary/aromatic N) is 2. The van der Waals surface area contributed by atoms with Gasteiger partial charge in [-0.25, -0.2) is 10.8 Å². The van der Waals surface area contributed by atoms with Crippen molar-refractivity contribution in [2.45, 2.75) is 26.3 Å². The molecule has 4 nitrogen and oxygen atoms in total. The second-order valence-electron chi connectivity index (χ2n) is 4.54. The summed E-state index contributed by atoms with van der Waals surface area (Å²) in [4.78, 5) is 6.78. The van der Waals surface area contributed by atoms with Crippen molar-refractivity contribution < 1.29 is 0 Å². The first-order chi connectivity index (χ1) is 8.22. The van der Waals surface area contributed by atoms with Crippen molar-refractivity contribution in [3.05, 3.63) is 22.8 Å². The highest BCUT2D eigenvalue weighted by atomic mass is 35.5. The first-order valence-electron chi connectivity index (χ1n) is 6.07. The summed E-state index contributed by atoms with van der Waals surface area (Å²) in [6.07, 6.45) is 2.73. The van der Waals surface area contributed by atoms with Gasteiger partial charge in [0.25, 0.3) is 0 Å². The lowest BCUT2D eigenvalue weighted by Gasteiger charge is -2.20. The van der Waals surface area contributed by atoms with Crippen LogP contribution in [0.5, 0.6) is 0 Å². The Kier molecular flexibility index (Phi) is 4.20. The van der Waals surface area contributed by atoms with Gasteiger partial charge in [0.05, 0.1) is 10.7 Å². The minimum absolute atomic E-state index is 0.659. The van der Waals surface area contributed by atoms with Crippen LogP contribution in [0.2, 0.25) is 5.02 Å². The first kappa shape index (κ1) is 12.6. The Morgan fingerprint density at radius 3 is 2.88 bits per heavy atom. The van der Waals surface area contributed by atoms with E-state index in [0.29, 0.717) is 10.8 Å². The summed E-state index contributed by atoms with van der Waals surface area (Å²) in [6.45, 7) is 5.13. The molecule has 0 aromatic carbocycles. The van der Waals surface area contributed by atoms with Gasteiger partial charge >= 0.3 is 0 Å². The monoisotopic (exact) mass is 254 g/mol. The quantitative estimate of drug-likeness (QED) is 0.604. The Morgan fingerprint density at radius 2 is 2.29 bits per heavy atom. The molecule has 1 fully saturated rings. The number of aromatic nitrogens is 1. The van der Waals surface area contributed by atoms with Crippen molar-refractivity contribution >= 4 is 17.4 Å². The van der Waals surface area contributed by atoms with E-state index in [-0.39, 0.29) is 0 Å². The Labute approximate surface area is 107 Å². The maximum absolute atomic E-state index is 6.15. The fourth-order valence-electron chi connectivity index (χ4n) is 1.86. The van der Waals surface area contributed by atoms with E-state index in [0.717, 1.165) is 31.2 Å². The Hall–Kier alpha value is -0.840. The molecule has 1 aliphatic rings. The van der Waals surface area contributed by atoms with Crippen molar-refractivity contribution in [1.82, 2.24) is 9.88 Å². The average molecular weight is 255 g/mol. The summed E-state index contributed by atoms with van der Waals surface area (Å²) in [7, 11) is 0. The molecule has 0 aliphatic heterocycles. The fourth-order valence-corrected chi connectivity index (χ4v) is 2.02.